The molecular formula is C24H26ClN5O4. The second-order valence-corrected chi connectivity index (χ2v) is 9.13. The van der Waals surface area contributed by atoms with E-state index in [9.17, 15) is 14.7 Å². The van der Waals surface area contributed by atoms with Crippen molar-refractivity contribution < 1.29 is 14.6 Å². The molecule has 2 aliphatic rings. The third-order valence-corrected chi connectivity index (χ3v) is 6.97. The largest absolute Gasteiger partial charge is 0.476 e. The van der Waals surface area contributed by atoms with Crippen molar-refractivity contribution in [2.75, 3.05) is 18.1 Å². The number of aromatic nitrogens is 4. The maximum absolute atomic E-state index is 12.9. The Labute approximate surface area is 201 Å². The number of rotatable bonds is 5. The molecule has 1 atom stereocenters. The van der Waals surface area contributed by atoms with Crippen molar-refractivity contribution in [1.82, 2.24) is 19.6 Å². The van der Waals surface area contributed by atoms with Crippen molar-refractivity contribution in [1.29, 1.82) is 0 Å². The van der Waals surface area contributed by atoms with Crippen molar-refractivity contribution in [2.24, 2.45) is 0 Å². The number of nitrogens with zero attached hydrogens (tertiary/aromatic N) is 5. The van der Waals surface area contributed by atoms with Crippen LogP contribution in [-0.4, -0.2) is 43.8 Å². The van der Waals surface area contributed by atoms with Gasteiger partial charge in [-0.2, -0.15) is 14.9 Å². The number of aromatic carboxylic acids is 1. The lowest BCUT2D eigenvalue weighted by molar-refractivity contribution is -0.0424. The molecule has 1 saturated heterocycles. The second kappa shape index (κ2) is 9.23. The van der Waals surface area contributed by atoms with Crippen LogP contribution in [0.3, 0.4) is 0 Å². The Balaban J connectivity index is 1.45. The van der Waals surface area contributed by atoms with E-state index >= 15 is 0 Å². The predicted molar refractivity (Wildman–Crippen MR) is 127 cm³/mol. The number of halogens is 1. The molecule has 5 rings (SSSR count). The third-order valence-electron chi connectivity index (χ3n) is 6.61. The van der Waals surface area contributed by atoms with Crippen LogP contribution >= 0.6 is 11.6 Å². The summed E-state index contributed by atoms with van der Waals surface area (Å²) in [7, 11) is 0. The minimum Gasteiger partial charge on any atom is -0.476 e. The van der Waals surface area contributed by atoms with E-state index in [1.165, 1.54) is 4.68 Å². The monoisotopic (exact) mass is 483 g/mol. The Morgan fingerprint density at radius 1 is 1.29 bits per heavy atom. The maximum Gasteiger partial charge on any atom is 0.356 e. The van der Waals surface area contributed by atoms with Crippen LogP contribution < -0.4 is 10.5 Å². The van der Waals surface area contributed by atoms with Gasteiger partial charge in [-0.05, 0) is 37.3 Å². The number of hydrogen-bond donors (Lipinski definition) is 1. The molecule has 0 spiro atoms. The van der Waals surface area contributed by atoms with Gasteiger partial charge in [-0.1, -0.05) is 35.9 Å². The van der Waals surface area contributed by atoms with E-state index in [2.05, 4.69) is 10.2 Å². The van der Waals surface area contributed by atoms with E-state index in [0.717, 1.165) is 36.1 Å². The Kier molecular flexibility index (Phi) is 6.14. The number of ether oxygens (including phenoxy) is 1. The number of aryl methyl sites for hydroxylation is 1. The maximum atomic E-state index is 12.9. The lowest BCUT2D eigenvalue weighted by Crippen LogP contribution is -2.36. The SMILES string of the molecule is Cc1ccccc1Cn1nc(C(=O)O)c2c1CCN(c1cnn(C3CCCCO3)c(=O)c1Cl)C2. The predicted octanol–water partition coefficient (Wildman–Crippen LogP) is 3.41. The Morgan fingerprint density at radius 3 is 2.85 bits per heavy atom. The van der Waals surface area contributed by atoms with Crippen LogP contribution in [-0.2, 0) is 24.2 Å². The van der Waals surface area contributed by atoms with Gasteiger partial charge in [-0.3, -0.25) is 9.48 Å². The first-order chi connectivity index (χ1) is 16.4. The van der Waals surface area contributed by atoms with Gasteiger partial charge in [-0.25, -0.2) is 4.79 Å². The molecule has 178 valence electrons. The molecule has 34 heavy (non-hydrogen) atoms. The van der Waals surface area contributed by atoms with Gasteiger partial charge in [0.1, 0.15) is 5.02 Å². The van der Waals surface area contributed by atoms with Crippen LogP contribution in [0, 0.1) is 6.92 Å². The van der Waals surface area contributed by atoms with E-state index in [1.54, 1.807) is 10.9 Å². The molecule has 4 heterocycles. The molecule has 0 aliphatic carbocycles. The van der Waals surface area contributed by atoms with Crippen molar-refractivity contribution in [3.8, 4) is 0 Å². The van der Waals surface area contributed by atoms with Gasteiger partial charge in [0.25, 0.3) is 5.56 Å². The number of carbonyl (C=O) groups is 1. The molecule has 3 aromatic rings. The number of hydrogen-bond acceptors (Lipinski definition) is 6. The quantitative estimate of drug-likeness (QED) is 0.593. The highest BCUT2D eigenvalue weighted by Gasteiger charge is 2.30. The first-order valence-electron chi connectivity index (χ1n) is 11.4. The van der Waals surface area contributed by atoms with Crippen LogP contribution in [0.25, 0.3) is 0 Å². The van der Waals surface area contributed by atoms with Gasteiger partial charge in [0.2, 0.25) is 0 Å². The third kappa shape index (κ3) is 4.10. The fourth-order valence-electron chi connectivity index (χ4n) is 4.73. The van der Waals surface area contributed by atoms with Crippen molar-refractivity contribution >= 4 is 23.3 Å². The number of carboxylic acids is 1. The highest BCUT2D eigenvalue weighted by atomic mass is 35.5. The van der Waals surface area contributed by atoms with E-state index in [4.69, 9.17) is 16.3 Å². The van der Waals surface area contributed by atoms with Gasteiger partial charge < -0.3 is 14.7 Å². The minimum atomic E-state index is -1.07. The average Bonchev–Trinajstić information content (AvgIpc) is 3.21. The smallest absolute Gasteiger partial charge is 0.356 e. The summed E-state index contributed by atoms with van der Waals surface area (Å²) in [4.78, 5) is 26.8. The summed E-state index contributed by atoms with van der Waals surface area (Å²) >= 11 is 6.50. The van der Waals surface area contributed by atoms with Crippen molar-refractivity contribution in [2.45, 2.75) is 51.9 Å². The molecule has 9 nitrogen and oxygen atoms in total. The molecule has 1 fully saturated rings. The molecule has 0 radical (unpaired) electrons. The summed E-state index contributed by atoms with van der Waals surface area (Å²) in [6.45, 7) is 3.98. The van der Waals surface area contributed by atoms with Gasteiger partial charge in [0.15, 0.2) is 11.9 Å². The van der Waals surface area contributed by atoms with Gasteiger partial charge in [0, 0.05) is 37.4 Å². The summed E-state index contributed by atoms with van der Waals surface area (Å²) < 4.78 is 8.78. The summed E-state index contributed by atoms with van der Waals surface area (Å²) in [6, 6.07) is 7.99. The lowest BCUT2D eigenvalue weighted by atomic mass is 10.0. The van der Waals surface area contributed by atoms with Gasteiger partial charge in [-0.15, -0.1) is 0 Å². The van der Waals surface area contributed by atoms with Crippen molar-refractivity contribution in [3.63, 3.8) is 0 Å². The molecular weight excluding hydrogens is 458 g/mol. The molecule has 1 N–H and O–H groups in total. The highest BCUT2D eigenvalue weighted by molar-refractivity contribution is 6.33. The van der Waals surface area contributed by atoms with Crippen LogP contribution in [0.5, 0.6) is 0 Å². The normalized spacial score (nSPS) is 18.1. The highest BCUT2D eigenvalue weighted by Crippen LogP contribution is 2.31. The van der Waals surface area contributed by atoms with Crippen LogP contribution in [0.15, 0.2) is 35.3 Å². The minimum absolute atomic E-state index is 0.0290. The summed E-state index contributed by atoms with van der Waals surface area (Å²) in [6.07, 6.45) is 4.41. The van der Waals surface area contributed by atoms with E-state index in [-0.39, 0.29) is 17.3 Å². The molecule has 0 saturated carbocycles. The molecule has 10 heteroatoms. The number of anilines is 1. The Bertz CT molecular complexity index is 1300. The standard InChI is InChI=1S/C24H26ClN5O4/c1-15-6-2-3-7-16(15)13-29-18-9-10-28(14-17(18)22(27-29)24(32)33)19-12-26-30(23(31)21(19)25)20-8-4-5-11-34-20/h2-3,6-7,12,20H,4-5,8-11,13-14H2,1H3,(H,32,33). The molecule has 1 unspecified atom stereocenters. The lowest BCUT2D eigenvalue weighted by Gasteiger charge is -2.30. The molecule has 2 aliphatic heterocycles. The zero-order valence-corrected chi connectivity index (χ0v) is 19.7. The summed E-state index contributed by atoms with van der Waals surface area (Å²) in [5.41, 5.74) is 3.88. The summed E-state index contributed by atoms with van der Waals surface area (Å²) in [5, 5.41) is 18.6. The Morgan fingerprint density at radius 2 is 2.12 bits per heavy atom. The number of carboxylic acid groups (broad SMARTS) is 1. The molecule has 0 amide bonds. The fourth-order valence-corrected chi connectivity index (χ4v) is 4.98. The molecule has 1 aromatic carbocycles. The topological polar surface area (TPSA) is 102 Å². The van der Waals surface area contributed by atoms with Crippen LogP contribution in [0.4, 0.5) is 5.69 Å². The molecule has 2 aromatic heterocycles. The van der Waals surface area contributed by atoms with E-state index in [0.29, 0.717) is 37.4 Å². The second-order valence-electron chi connectivity index (χ2n) is 8.75. The van der Waals surface area contributed by atoms with E-state index in [1.807, 2.05) is 36.1 Å². The first kappa shape index (κ1) is 22.6. The van der Waals surface area contributed by atoms with Gasteiger partial charge >= 0.3 is 5.97 Å². The fraction of sp³-hybridized carbons (Fsp3) is 0.417. The zero-order chi connectivity index (χ0) is 23.8. The van der Waals surface area contributed by atoms with E-state index < -0.39 is 17.8 Å². The number of benzene rings is 1. The van der Waals surface area contributed by atoms with Crippen LogP contribution in [0.2, 0.25) is 5.02 Å². The van der Waals surface area contributed by atoms with Crippen LogP contribution in [0.1, 0.15) is 58.4 Å². The van der Waals surface area contributed by atoms with Crippen molar-refractivity contribution in [3.05, 3.63) is 73.9 Å². The summed E-state index contributed by atoms with van der Waals surface area (Å²) in [5.74, 6) is -1.07. The Hall–Kier alpha value is -3.17. The average molecular weight is 484 g/mol. The first-order valence-corrected chi connectivity index (χ1v) is 11.8. The van der Waals surface area contributed by atoms with Gasteiger partial charge in [0.05, 0.1) is 18.4 Å². The zero-order valence-electron chi connectivity index (χ0n) is 18.9. The number of fused-ring (bicyclic) bond motifs is 1. The molecule has 0 bridgehead atoms.